The van der Waals surface area contributed by atoms with Crippen molar-refractivity contribution in [3.8, 4) is 5.75 Å². The van der Waals surface area contributed by atoms with Gasteiger partial charge in [0.25, 0.3) is 0 Å². The molecule has 8 heteroatoms. The van der Waals surface area contributed by atoms with E-state index in [1.165, 1.54) is 7.11 Å². The summed E-state index contributed by atoms with van der Waals surface area (Å²) in [5, 5.41) is 13.7. The monoisotopic (exact) mass is 276 g/mol. The zero-order valence-corrected chi connectivity index (χ0v) is 10.8. The molecule has 0 spiro atoms. The van der Waals surface area contributed by atoms with Crippen LogP contribution in [0.5, 0.6) is 5.75 Å². The van der Waals surface area contributed by atoms with Gasteiger partial charge in [-0.25, -0.2) is 4.98 Å². The molecule has 2 N–H and O–H groups in total. The van der Waals surface area contributed by atoms with Crippen LogP contribution in [0.1, 0.15) is 5.56 Å². The molecule has 0 aliphatic carbocycles. The number of hydrogen-bond acceptors (Lipinski definition) is 6. The van der Waals surface area contributed by atoms with E-state index in [2.05, 4.69) is 15.3 Å². The molecule has 0 aliphatic heterocycles. The lowest BCUT2D eigenvalue weighted by atomic mass is 10.2. The number of aromatic amines is 1. The summed E-state index contributed by atoms with van der Waals surface area (Å²) >= 11 is 0. The number of rotatable bonds is 4. The van der Waals surface area contributed by atoms with E-state index < -0.39 is 16.2 Å². The SMILES string of the molecule is COc1ccc(C)cc1Nc1nc[nH]c(=O)c1[N+](=O)[O-]. The number of methoxy groups -OCH3 is 1. The summed E-state index contributed by atoms with van der Waals surface area (Å²) < 4.78 is 5.16. The molecular formula is C12H12N4O4. The second-order valence-corrected chi connectivity index (χ2v) is 4.01. The minimum atomic E-state index is -0.820. The molecule has 0 saturated heterocycles. The first-order chi connectivity index (χ1) is 9.52. The number of nitrogens with zero attached hydrogens (tertiary/aromatic N) is 2. The number of anilines is 2. The maximum absolute atomic E-state index is 11.5. The number of hydrogen-bond donors (Lipinski definition) is 2. The molecule has 2 aromatic rings. The van der Waals surface area contributed by atoms with Crippen LogP contribution in [0, 0.1) is 17.0 Å². The number of aryl methyl sites for hydroxylation is 1. The molecule has 20 heavy (non-hydrogen) atoms. The van der Waals surface area contributed by atoms with E-state index in [0.29, 0.717) is 11.4 Å². The van der Waals surface area contributed by atoms with Crippen LogP contribution in [0.2, 0.25) is 0 Å². The summed E-state index contributed by atoms with van der Waals surface area (Å²) in [4.78, 5) is 27.6. The Bertz CT molecular complexity index is 711. The zero-order valence-electron chi connectivity index (χ0n) is 10.8. The van der Waals surface area contributed by atoms with Crippen molar-refractivity contribution in [1.29, 1.82) is 0 Å². The van der Waals surface area contributed by atoms with Gasteiger partial charge in [-0.3, -0.25) is 14.9 Å². The number of ether oxygens (including phenoxy) is 1. The summed E-state index contributed by atoms with van der Waals surface area (Å²) in [6, 6.07) is 5.30. The van der Waals surface area contributed by atoms with Crippen molar-refractivity contribution in [1.82, 2.24) is 9.97 Å². The fraction of sp³-hybridized carbons (Fsp3) is 0.167. The topological polar surface area (TPSA) is 110 Å². The number of aromatic nitrogens is 2. The van der Waals surface area contributed by atoms with Crippen LogP contribution < -0.4 is 15.6 Å². The Hall–Kier alpha value is -2.90. The van der Waals surface area contributed by atoms with Gasteiger partial charge in [0.05, 0.1) is 24.0 Å². The van der Waals surface area contributed by atoms with Gasteiger partial charge in [0.1, 0.15) is 5.75 Å². The third-order valence-corrected chi connectivity index (χ3v) is 2.62. The predicted molar refractivity (Wildman–Crippen MR) is 72.5 cm³/mol. The van der Waals surface area contributed by atoms with Gasteiger partial charge in [0.15, 0.2) is 0 Å². The van der Waals surface area contributed by atoms with Gasteiger partial charge in [-0.15, -0.1) is 0 Å². The summed E-state index contributed by atoms with van der Waals surface area (Å²) in [6.07, 6.45) is 1.10. The Morgan fingerprint density at radius 2 is 2.20 bits per heavy atom. The van der Waals surface area contributed by atoms with Gasteiger partial charge in [-0.2, -0.15) is 0 Å². The first-order valence-corrected chi connectivity index (χ1v) is 5.66. The van der Waals surface area contributed by atoms with Crippen LogP contribution in [-0.4, -0.2) is 22.0 Å². The van der Waals surface area contributed by atoms with Crippen LogP contribution in [0.25, 0.3) is 0 Å². The lowest BCUT2D eigenvalue weighted by molar-refractivity contribution is -0.385. The van der Waals surface area contributed by atoms with Crippen LogP contribution >= 0.6 is 0 Å². The van der Waals surface area contributed by atoms with Crippen molar-refractivity contribution < 1.29 is 9.66 Å². The molecule has 0 amide bonds. The molecule has 0 unspecified atom stereocenters. The standard InChI is InChI=1S/C12H12N4O4/c1-7-3-4-9(20-2)8(5-7)15-11-10(16(18)19)12(17)14-6-13-11/h3-6H,1-2H3,(H2,13,14,15,17). The molecule has 0 aliphatic rings. The third kappa shape index (κ3) is 2.58. The predicted octanol–water partition coefficient (Wildman–Crippen LogP) is 1.74. The van der Waals surface area contributed by atoms with E-state index >= 15 is 0 Å². The fourth-order valence-electron chi connectivity index (χ4n) is 1.70. The lowest BCUT2D eigenvalue weighted by Gasteiger charge is -2.11. The van der Waals surface area contributed by atoms with Crippen LogP contribution in [0.3, 0.4) is 0 Å². The van der Waals surface area contributed by atoms with Gasteiger partial charge in [-0.05, 0) is 24.6 Å². The highest BCUT2D eigenvalue weighted by molar-refractivity contribution is 5.69. The van der Waals surface area contributed by atoms with Gasteiger partial charge in [0.2, 0.25) is 5.82 Å². The number of H-pyrrole nitrogens is 1. The molecule has 0 atom stereocenters. The summed E-state index contributed by atoms with van der Waals surface area (Å²) in [7, 11) is 1.48. The maximum Gasteiger partial charge on any atom is 0.376 e. The Morgan fingerprint density at radius 1 is 1.45 bits per heavy atom. The lowest BCUT2D eigenvalue weighted by Crippen LogP contribution is -2.14. The van der Waals surface area contributed by atoms with Crippen LogP contribution in [0.4, 0.5) is 17.2 Å². The Morgan fingerprint density at radius 3 is 2.85 bits per heavy atom. The van der Waals surface area contributed by atoms with E-state index in [4.69, 9.17) is 4.74 Å². The van der Waals surface area contributed by atoms with E-state index in [0.717, 1.165) is 11.9 Å². The van der Waals surface area contributed by atoms with Gasteiger partial charge < -0.3 is 15.0 Å². The van der Waals surface area contributed by atoms with Gasteiger partial charge in [0, 0.05) is 0 Å². The molecule has 0 saturated carbocycles. The van der Waals surface area contributed by atoms with E-state index in [-0.39, 0.29) is 5.82 Å². The highest BCUT2D eigenvalue weighted by atomic mass is 16.6. The van der Waals surface area contributed by atoms with Crippen molar-refractivity contribution in [3.63, 3.8) is 0 Å². The Labute approximate surface area is 113 Å². The molecule has 1 aromatic carbocycles. The van der Waals surface area contributed by atoms with Gasteiger partial charge >= 0.3 is 11.2 Å². The second kappa shape index (κ2) is 5.39. The molecular weight excluding hydrogens is 264 g/mol. The van der Waals surface area contributed by atoms with Crippen molar-refractivity contribution in [2.45, 2.75) is 6.92 Å². The Kier molecular flexibility index (Phi) is 3.65. The highest BCUT2D eigenvalue weighted by Crippen LogP contribution is 2.29. The number of nitro groups is 1. The number of benzene rings is 1. The molecule has 104 valence electrons. The molecule has 2 rings (SSSR count). The molecule has 1 aromatic heterocycles. The number of nitrogens with one attached hydrogen (secondary N) is 2. The second-order valence-electron chi connectivity index (χ2n) is 4.01. The Balaban J connectivity index is 2.50. The van der Waals surface area contributed by atoms with E-state index in [1.54, 1.807) is 12.1 Å². The normalized spacial score (nSPS) is 10.1. The summed E-state index contributed by atoms with van der Waals surface area (Å²) in [5.41, 5.74) is -0.0373. The third-order valence-electron chi connectivity index (χ3n) is 2.62. The molecule has 1 heterocycles. The first-order valence-electron chi connectivity index (χ1n) is 5.66. The molecule has 0 radical (unpaired) electrons. The van der Waals surface area contributed by atoms with Crippen molar-refractivity contribution in [2.75, 3.05) is 12.4 Å². The average Bonchev–Trinajstić information content (AvgIpc) is 2.38. The maximum atomic E-state index is 11.5. The smallest absolute Gasteiger partial charge is 0.376 e. The van der Waals surface area contributed by atoms with Crippen molar-refractivity contribution in [2.24, 2.45) is 0 Å². The molecule has 0 bridgehead atoms. The summed E-state index contributed by atoms with van der Waals surface area (Å²) in [5.74, 6) is 0.356. The fourth-order valence-corrected chi connectivity index (χ4v) is 1.70. The quantitative estimate of drug-likeness (QED) is 0.650. The van der Waals surface area contributed by atoms with Gasteiger partial charge in [-0.1, -0.05) is 6.07 Å². The van der Waals surface area contributed by atoms with E-state index in [9.17, 15) is 14.9 Å². The highest BCUT2D eigenvalue weighted by Gasteiger charge is 2.21. The zero-order chi connectivity index (χ0) is 14.7. The minimum absolute atomic E-state index is 0.136. The van der Waals surface area contributed by atoms with Crippen molar-refractivity contribution >= 4 is 17.2 Å². The minimum Gasteiger partial charge on any atom is -0.495 e. The van der Waals surface area contributed by atoms with Crippen molar-refractivity contribution in [3.05, 3.63) is 50.6 Å². The van der Waals surface area contributed by atoms with Crippen LogP contribution in [0.15, 0.2) is 29.3 Å². The van der Waals surface area contributed by atoms with Crippen LogP contribution in [-0.2, 0) is 0 Å². The first kappa shape index (κ1) is 13.5. The van der Waals surface area contributed by atoms with E-state index in [1.807, 2.05) is 13.0 Å². The summed E-state index contributed by atoms with van der Waals surface area (Å²) in [6.45, 7) is 1.87. The average molecular weight is 276 g/mol. The molecule has 0 fully saturated rings. The molecule has 8 nitrogen and oxygen atoms in total. The largest absolute Gasteiger partial charge is 0.495 e.